The van der Waals surface area contributed by atoms with Gasteiger partial charge in [0.15, 0.2) is 0 Å². The van der Waals surface area contributed by atoms with Crippen molar-refractivity contribution in [3.63, 3.8) is 0 Å². The van der Waals surface area contributed by atoms with Crippen molar-refractivity contribution in [1.29, 1.82) is 0 Å². The molecular formula is C17H30N2. The van der Waals surface area contributed by atoms with Gasteiger partial charge in [-0.2, -0.15) is 0 Å². The van der Waals surface area contributed by atoms with Crippen molar-refractivity contribution in [2.24, 2.45) is 11.7 Å². The van der Waals surface area contributed by atoms with Crippen LogP contribution in [0.5, 0.6) is 0 Å². The highest BCUT2D eigenvalue weighted by Gasteiger charge is 2.07. The zero-order valence-corrected chi connectivity index (χ0v) is 12.6. The molecule has 1 aromatic carbocycles. The van der Waals surface area contributed by atoms with Gasteiger partial charge in [-0.05, 0) is 50.4 Å². The molecule has 19 heavy (non-hydrogen) atoms. The molecule has 2 N–H and O–H groups in total. The van der Waals surface area contributed by atoms with Gasteiger partial charge in [0.05, 0.1) is 0 Å². The summed E-state index contributed by atoms with van der Waals surface area (Å²) in [5.41, 5.74) is 7.07. The van der Waals surface area contributed by atoms with Crippen molar-refractivity contribution < 1.29 is 0 Å². The normalized spacial score (nSPS) is 12.8. The van der Waals surface area contributed by atoms with Gasteiger partial charge in [0, 0.05) is 6.54 Å². The Bertz CT molecular complexity index is 310. The van der Waals surface area contributed by atoms with Crippen LogP contribution in [-0.2, 0) is 6.54 Å². The highest BCUT2D eigenvalue weighted by atomic mass is 15.1. The Labute approximate surface area is 119 Å². The Kier molecular flexibility index (Phi) is 8.52. The van der Waals surface area contributed by atoms with Gasteiger partial charge >= 0.3 is 0 Å². The van der Waals surface area contributed by atoms with E-state index in [1.165, 1.54) is 37.8 Å². The summed E-state index contributed by atoms with van der Waals surface area (Å²) in [6.45, 7) is 8.77. The fourth-order valence-electron chi connectivity index (χ4n) is 2.58. The first-order chi connectivity index (χ1) is 9.30. The second kappa shape index (κ2) is 9.99. The molecule has 0 spiro atoms. The molecule has 0 saturated heterocycles. The lowest BCUT2D eigenvalue weighted by Gasteiger charge is -2.22. The zero-order valence-electron chi connectivity index (χ0n) is 12.6. The minimum absolute atomic E-state index is 0.820. The molecule has 1 unspecified atom stereocenters. The standard InChI is InChI=1S/C17H30N2/c1-3-16(12-13-18)11-8-14-19(4-2)15-17-9-6-5-7-10-17/h5-7,9-10,16H,3-4,8,11-15,18H2,1-2H3. The third-order valence-electron chi connectivity index (χ3n) is 3.94. The lowest BCUT2D eigenvalue weighted by molar-refractivity contribution is 0.262. The number of rotatable bonds is 10. The molecule has 0 amide bonds. The molecule has 0 aliphatic heterocycles. The summed E-state index contributed by atoms with van der Waals surface area (Å²) in [6, 6.07) is 10.8. The number of benzene rings is 1. The molecule has 0 aliphatic carbocycles. The van der Waals surface area contributed by atoms with Crippen LogP contribution in [0.3, 0.4) is 0 Å². The summed E-state index contributed by atoms with van der Waals surface area (Å²) in [6.07, 6.45) is 5.06. The molecule has 0 fully saturated rings. The quantitative estimate of drug-likeness (QED) is 0.697. The highest BCUT2D eigenvalue weighted by Crippen LogP contribution is 2.15. The van der Waals surface area contributed by atoms with Crippen molar-refractivity contribution >= 4 is 0 Å². The monoisotopic (exact) mass is 262 g/mol. The van der Waals surface area contributed by atoms with Gasteiger partial charge in [-0.15, -0.1) is 0 Å². The van der Waals surface area contributed by atoms with Gasteiger partial charge in [0.2, 0.25) is 0 Å². The molecule has 0 heterocycles. The first-order valence-corrected chi connectivity index (χ1v) is 7.76. The van der Waals surface area contributed by atoms with Gasteiger partial charge in [0.25, 0.3) is 0 Å². The molecule has 108 valence electrons. The minimum Gasteiger partial charge on any atom is -0.330 e. The maximum atomic E-state index is 5.65. The van der Waals surface area contributed by atoms with Gasteiger partial charge in [-0.3, -0.25) is 4.90 Å². The maximum absolute atomic E-state index is 5.65. The fraction of sp³-hybridized carbons (Fsp3) is 0.647. The lowest BCUT2D eigenvalue weighted by Crippen LogP contribution is -2.24. The fourth-order valence-corrected chi connectivity index (χ4v) is 2.58. The molecular weight excluding hydrogens is 232 g/mol. The molecule has 0 aromatic heterocycles. The first-order valence-electron chi connectivity index (χ1n) is 7.76. The highest BCUT2D eigenvalue weighted by molar-refractivity contribution is 5.14. The van der Waals surface area contributed by atoms with Crippen molar-refractivity contribution in [3.8, 4) is 0 Å². The third-order valence-corrected chi connectivity index (χ3v) is 3.94. The molecule has 2 heteroatoms. The van der Waals surface area contributed by atoms with Gasteiger partial charge in [-0.1, -0.05) is 50.6 Å². The van der Waals surface area contributed by atoms with E-state index in [9.17, 15) is 0 Å². The molecule has 1 aromatic rings. The SMILES string of the molecule is CCC(CCN)CCCN(CC)Cc1ccccc1. The Morgan fingerprint density at radius 1 is 1.11 bits per heavy atom. The van der Waals surface area contributed by atoms with E-state index in [2.05, 4.69) is 49.1 Å². The van der Waals surface area contributed by atoms with Crippen LogP contribution in [-0.4, -0.2) is 24.5 Å². The van der Waals surface area contributed by atoms with E-state index in [1.807, 2.05) is 0 Å². The predicted molar refractivity (Wildman–Crippen MR) is 84.1 cm³/mol. The van der Waals surface area contributed by atoms with E-state index >= 15 is 0 Å². The van der Waals surface area contributed by atoms with Crippen LogP contribution in [0.4, 0.5) is 0 Å². The average Bonchev–Trinajstić information content (AvgIpc) is 2.46. The average molecular weight is 262 g/mol. The number of nitrogens with two attached hydrogens (primary N) is 1. The van der Waals surface area contributed by atoms with Gasteiger partial charge in [-0.25, -0.2) is 0 Å². The van der Waals surface area contributed by atoms with E-state index in [0.717, 1.165) is 25.6 Å². The van der Waals surface area contributed by atoms with E-state index in [-0.39, 0.29) is 0 Å². The van der Waals surface area contributed by atoms with E-state index < -0.39 is 0 Å². The Balaban J connectivity index is 2.29. The second-order valence-electron chi connectivity index (χ2n) is 5.35. The van der Waals surface area contributed by atoms with E-state index in [4.69, 9.17) is 5.73 Å². The van der Waals surface area contributed by atoms with Crippen LogP contribution in [0, 0.1) is 5.92 Å². The molecule has 0 saturated carbocycles. The molecule has 1 rings (SSSR count). The molecule has 0 bridgehead atoms. The first kappa shape index (κ1) is 16.2. The van der Waals surface area contributed by atoms with Crippen molar-refractivity contribution in [1.82, 2.24) is 4.90 Å². The van der Waals surface area contributed by atoms with E-state index in [0.29, 0.717) is 0 Å². The molecule has 2 nitrogen and oxygen atoms in total. The smallest absolute Gasteiger partial charge is 0.0233 e. The van der Waals surface area contributed by atoms with Crippen LogP contribution in [0.15, 0.2) is 30.3 Å². The summed E-state index contributed by atoms with van der Waals surface area (Å²) in [5, 5.41) is 0. The van der Waals surface area contributed by atoms with Crippen LogP contribution in [0.1, 0.15) is 45.1 Å². The Morgan fingerprint density at radius 2 is 1.84 bits per heavy atom. The topological polar surface area (TPSA) is 29.3 Å². The summed E-state index contributed by atoms with van der Waals surface area (Å²) in [7, 11) is 0. The summed E-state index contributed by atoms with van der Waals surface area (Å²) < 4.78 is 0. The minimum atomic E-state index is 0.820. The number of hydrogen-bond acceptors (Lipinski definition) is 2. The molecule has 0 aliphatic rings. The van der Waals surface area contributed by atoms with Crippen LogP contribution < -0.4 is 5.73 Å². The van der Waals surface area contributed by atoms with Crippen molar-refractivity contribution in [3.05, 3.63) is 35.9 Å². The van der Waals surface area contributed by atoms with E-state index in [1.54, 1.807) is 0 Å². The summed E-state index contributed by atoms with van der Waals surface area (Å²) >= 11 is 0. The summed E-state index contributed by atoms with van der Waals surface area (Å²) in [4.78, 5) is 2.53. The van der Waals surface area contributed by atoms with Gasteiger partial charge < -0.3 is 5.73 Å². The van der Waals surface area contributed by atoms with Gasteiger partial charge in [0.1, 0.15) is 0 Å². The Hall–Kier alpha value is -0.860. The number of nitrogens with zero attached hydrogens (tertiary/aromatic N) is 1. The lowest BCUT2D eigenvalue weighted by atomic mass is 9.96. The van der Waals surface area contributed by atoms with Crippen LogP contribution in [0.25, 0.3) is 0 Å². The maximum Gasteiger partial charge on any atom is 0.0233 e. The third kappa shape index (κ3) is 6.74. The molecule has 1 atom stereocenters. The largest absolute Gasteiger partial charge is 0.330 e. The summed E-state index contributed by atoms with van der Waals surface area (Å²) in [5.74, 6) is 0.820. The van der Waals surface area contributed by atoms with Crippen LogP contribution in [0.2, 0.25) is 0 Å². The van der Waals surface area contributed by atoms with Crippen LogP contribution >= 0.6 is 0 Å². The Morgan fingerprint density at radius 3 is 2.42 bits per heavy atom. The number of hydrogen-bond donors (Lipinski definition) is 1. The zero-order chi connectivity index (χ0) is 13.9. The van der Waals surface area contributed by atoms with Crippen molar-refractivity contribution in [2.45, 2.75) is 46.1 Å². The molecule has 0 radical (unpaired) electrons. The van der Waals surface area contributed by atoms with Crippen molar-refractivity contribution in [2.75, 3.05) is 19.6 Å². The predicted octanol–water partition coefficient (Wildman–Crippen LogP) is 3.66. The second-order valence-corrected chi connectivity index (χ2v) is 5.35.